The first-order chi connectivity index (χ1) is 8.09. The zero-order valence-electron chi connectivity index (χ0n) is 8.98. The topological polar surface area (TPSA) is 81.8 Å². The van der Waals surface area contributed by atoms with E-state index >= 15 is 0 Å². The standard InChI is InChI=1S/C11H12ClNO4/c12-10-6(7(13)5-9(14)15)1-2-8-11(10)17-4-3-16-8/h1-2,7H,3-5,13H2,(H,14,15). The second-order valence-electron chi connectivity index (χ2n) is 3.70. The van der Waals surface area contributed by atoms with E-state index in [0.717, 1.165) is 0 Å². The maximum atomic E-state index is 10.6. The van der Waals surface area contributed by atoms with Crippen LogP contribution in [0.3, 0.4) is 0 Å². The van der Waals surface area contributed by atoms with Crippen LogP contribution < -0.4 is 15.2 Å². The molecule has 5 nitrogen and oxygen atoms in total. The van der Waals surface area contributed by atoms with Crippen LogP contribution in [-0.4, -0.2) is 24.3 Å². The van der Waals surface area contributed by atoms with Crippen LogP contribution in [-0.2, 0) is 4.79 Å². The van der Waals surface area contributed by atoms with Gasteiger partial charge in [-0.05, 0) is 11.6 Å². The van der Waals surface area contributed by atoms with E-state index < -0.39 is 12.0 Å². The van der Waals surface area contributed by atoms with E-state index in [1.165, 1.54) is 0 Å². The highest BCUT2D eigenvalue weighted by molar-refractivity contribution is 6.33. The van der Waals surface area contributed by atoms with Crippen molar-refractivity contribution in [3.05, 3.63) is 22.7 Å². The molecule has 1 heterocycles. The minimum Gasteiger partial charge on any atom is -0.486 e. The van der Waals surface area contributed by atoms with Crippen LogP contribution in [0.15, 0.2) is 12.1 Å². The normalized spacial score (nSPS) is 15.4. The minimum atomic E-state index is -0.969. The Hall–Kier alpha value is -1.46. The number of ether oxygens (including phenoxy) is 2. The highest BCUT2D eigenvalue weighted by atomic mass is 35.5. The molecule has 0 radical (unpaired) electrons. The summed E-state index contributed by atoms with van der Waals surface area (Å²) < 4.78 is 10.7. The quantitative estimate of drug-likeness (QED) is 0.859. The third-order valence-electron chi connectivity index (χ3n) is 2.47. The van der Waals surface area contributed by atoms with Crippen molar-refractivity contribution < 1.29 is 19.4 Å². The minimum absolute atomic E-state index is 0.181. The summed E-state index contributed by atoms with van der Waals surface area (Å²) in [5, 5.41) is 9.03. The van der Waals surface area contributed by atoms with Gasteiger partial charge in [0.25, 0.3) is 0 Å². The van der Waals surface area contributed by atoms with Crippen molar-refractivity contribution in [2.45, 2.75) is 12.5 Å². The molecule has 0 amide bonds. The van der Waals surface area contributed by atoms with Crippen molar-refractivity contribution in [1.82, 2.24) is 0 Å². The molecule has 0 aliphatic carbocycles. The smallest absolute Gasteiger partial charge is 0.305 e. The van der Waals surface area contributed by atoms with E-state index in [1.54, 1.807) is 12.1 Å². The number of aliphatic carboxylic acids is 1. The molecule has 1 unspecified atom stereocenters. The van der Waals surface area contributed by atoms with Crippen molar-refractivity contribution >= 4 is 17.6 Å². The monoisotopic (exact) mass is 257 g/mol. The van der Waals surface area contributed by atoms with Gasteiger partial charge in [-0.2, -0.15) is 0 Å². The van der Waals surface area contributed by atoms with Gasteiger partial charge in [-0.25, -0.2) is 0 Å². The molecule has 0 bridgehead atoms. The average Bonchev–Trinajstić information content (AvgIpc) is 2.28. The van der Waals surface area contributed by atoms with Gasteiger partial charge in [0.1, 0.15) is 13.2 Å². The van der Waals surface area contributed by atoms with Crippen molar-refractivity contribution in [1.29, 1.82) is 0 Å². The van der Waals surface area contributed by atoms with Crippen LogP contribution in [0.5, 0.6) is 11.5 Å². The zero-order valence-corrected chi connectivity index (χ0v) is 9.74. The molecular weight excluding hydrogens is 246 g/mol. The van der Waals surface area contributed by atoms with Crippen LogP contribution in [0, 0.1) is 0 Å². The van der Waals surface area contributed by atoms with Crippen molar-refractivity contribution in [2.75, 3.05) is 13.2 Å². The number of halogens is 1. The molecule has 1 aromatic rings. The van der Waals surface area contributed by atoms with E-state index in [0.29, 0.717) is 35.3 Å². The lowest BCUT2D eigenvalue weighted by molar-refractivity contribution is -0.137. The Morgan fingerprint density at radius 3 is 2.88 bits per heavy atom. The summed E-state index contributed by atoms with van der Waals surface area (Å²) in [6, 6.07) is 2.71. The fraction of sp³-hybridized carbons (Fsp3) is 0.364. The summed E-state index contributed by atoms with van der Waals surface area (Å²) in [6.45, 7) is 0.897. The molecule has 0 saturated carbocycles. The number of carboxylic acids is 1. The summed E-state index contributed by atoms with van der Waals surface area (Å²) in [4.78, 5) is 10.6. The van der Waals surface area contributed by atoms with Crippen LogP contribution in [0.4, 0.5) is 0 Å². The Bertz CT molecular complexity index is 449. The summed E-state index contributed by atoms with van der Waals surface area (Å²) in [5.41, 5.74) is 6.32. The molecule has 1 aromatic carbocycles. The molecule has 0 saturated heterocycles. The largest absolute Gasteiger partial charge is 0.486 e. The highest BCUT2D eigenvalue weighted by Crippen LogP contribution is 2.41. The predicted octanol–water partition coefficient (Wildman–Crippen LogP) is 1.59. The number of hydrogen-bond donors (Lipinski definition) is 2. The van der Waals surface area contributed by atoms with Crippen LogP contribution in [0.1, 0.15) is 18.0 Å². The number of carbonyl (C=O) groups is 1. The molecule has 0 spiro atoms. The molecule has 17 heavy (non-hydrogen) atoms. The van der Waals surface area contributed by atoms with Crippen molar-refractivity contribution in [2.24, 2.45) is 5.73 Å². The highest BCUT2D eigenvalue weighted by Gasteiger charge is 2.22. The Kier molecular flexibility index (Phi) is 3.40. The molecule has 92 valence electrons. The molecule has 1 atom stereocenters. The average molecular weight is 258 g/mol. The lowest BCUT2D eigenvalue weighted by Crippen LogP contribution is -2.19. The molecule has 0 fully saturated rings. The number of fused-ring (bicyclic) bond motifs is 1. The maximum Gasteiger partial charge on any atom is 0.305 e. The summed E-state index contributed by atoms with van der Waals surface area (Å²) >= 11 is 6.13. The van der Waals surface area contributed by atoms with Crippen molar-refractivity contribution in [3.63, 3.8) is 0 Å². The first-order valence-electron chi connectivity index (χ1n) is 5.15. The molecule has 2 rings (SSSR count). The Morgan fingerprint density at radius 1 is 1.47 bits per heavy atom. The predicted molar refractivity (Wildman–Crippen MR) is 61.6 cm³/mol. The van der Waals surface area contributed by atoms with E-state index in [2.05, 4.69) is 0 Å². The first-order valence-corrected chi connectivity index (χ1v) is 5.52. The number of nitrogens with two attached hydrogens (primary N) is 1. The van der Waals surface area contributed by atoms with Crippen LogP contribution in [0.2, 0.25) is 5.02 Å². The fourth-order valence-corrected chi connectivity index (χ4v) is 2.03. The second kappa shape index (κ2) is 4.81. The summed E-state index contributed by atoms with van der Waals surface area (Å²) in [7, 11) is 0. The van der Waals surface area contributed by atoms with Crippen LogP contribution in [0.25, 0.3) is 0 Å². The van der Waals surface area contributed by atoms with Gasteiger partial charge in [0.2, 0.25) is 0 Å². The SMILES string of the molecule is NC(CC(=O)O)c1ccc2c(c1Cl)OCCO2. The third-order valence-corrected chi connectivity index (χ3v) is 2.86. The van der Waals surface area contributed by atoms with Gasteiger partial charge in [-0.3, -0.25) is 4.79 Å². The van der Waals surface area contributed by atoms with E-state index in [1.807, 2.05) is 0 Å². The Balaban J connectivity index is 2.32. The zero-order chi connectivity index (χ0) is 12.4. The molecule has 3 N–H and O–H groups in total. The Labute approximate surface area is 103 Å². The van der Waals surface area contributed by atoms with Crippen molar-refractivity contribution in [3.8, 4) is 11.5 Å². The molecular formula is C11H12ClNO4. The fourth-order valence-electron chi connectivity index (χ4n) is 1.68. The first kappa shape index (κ1) is 12.0. The van der Waals surface area contributed by atoms with Gasteiger partial charge in [0, 0.05) is 6.04 Å². The van der Waals surface area contributed by atoms with Gasteiger partial charge < -0.3 is 20.3 Å². The maximum absolute atomic E-state index is 10.6. The van der Waals surface area contributed by atoms with E-state index in [-0.39, 0.29) is 6.42 Å². The summed E-state index contributed by atoms with van der Waals surface area (Å²) in [6.07, 6.45) is -0.181. The van der Waals surface area contributed by atoms with Gasteiger partial charge in [0.05, 0.1) is 11.4 Å². The Morgan fingerprint density at radius 2 is 2.18 bits per heavy atom. The number of rotatable bonds is 3. The number of hydrogen-bond acceptors (Lipinski definition) is 4. The summed E-state index contributed by atoms with van der Waals surface area (Å²) in [5.74, 6) is 0.0345. The molecule has 1 aliphatic rings. The lowest BCUT2D eigenvalue weighted by Gasteiger charge is -2.22. The molecule has 0 aromatic heterocycles. The van der Waals surface area contributed by atoms with E-state index in [4.69, 9.17) is 31.9 Å². The van der Waals surface area contributed by atoms with Gasteiger partial charge in [-0.1, -0.05) is 17.7 Å². The lowest BCUT2D eigenvalue weighted by atomic mass is 10.0. The van der Waals surface area contributed by atoms with Gasteiger partial charge >= 0.3 is 5.97 Å². The van der Waals surface area contributed by atoms with E-state index in [9.17, 15) is 4.79 Å². The third kappa shape index (κ3) is 2.45. The molecule has 6 heteroatoms. The van der Waals surface area contributed by atoms with Crippen LogP contribution >= 0.6 is 11.6 Å². The number of benzene rings is 1. The number of carboxylic acid groups (broad SMARTS) is 1. The van der Waals surface area contributed by atoms with Gasteiger partial charge in [-0.15, -0.1) is 0 Å². The second-order valence-corrected chi connectivity index (χ2v) is 4.08. The van der Waals surface area contributed by atoms with Gasteiger partial charge in [0.15, 0.2) is 11.5 Å². The molecule has 1 aliphatic heterocycles.